The molecule has 2 nitrogen and oxygen atoms in total. The Balaban J connectivity index is 2.34. The van der Waals surface area contributed by atoms with Gasteiger partial charge in [-0.15, -0.1) is 0 Å². The van der Waals surface area contributed by atoms with E-state index in [1.807, 2.05) is 37.3 Å². The van der Waals surface area contributed by atoms with Crippen LogP contribution in [0.15, 0.2) is 40.8 Å². The number of hydrogen-bond acceptors (Lipinski definition) is 2. The van der Waals surface area contributed by atoms with E-state index < -0.39 is 0 Å². The summed E-state index contributed by atoms with van der Waals surface area (Å²) in [6, 6.07) is 11.8. The Morgan fingerprint density at radius 3 is 2.36 bits per heavy atom. The first-order valence-corrected chi connectivity index (χ1v) is 4.56. The zero-order chi connectivity index (χ0) is 9.97. The molecule has 1 aromatic heterocycles. The van der Waals surface area contributed by atoms with Crippen LogP contribution in [0.1, 0.15) is 11.3 Å². The van der Waals surface area contributed by atoms with Crippen molar-refractivity contribution in [2.24, 2.45) is 0 Å². The molecule has 72 valence electrons. The van der Waals surface area contributed by atoms with E-state index >= 15 is 0 Å². The Hall–Kier alpha value is -1.54. The van der Waals surface area contributed by atoms with Gasteiger partial charge in [0.15, 0.2) is 0 Å². The van der Waals surface area contributed by atoms with Gasteiger partial charge in [0.05, 0.1) is 0 Å². The monoisotopic (exact) mass is 188 g/mol. The molecule has 1 heterocycles. The molecule has 2 heteroatoms. The van der Waals surface area contributed by atoms with Crippen molar-refractivity contribution in [3.63, 3.8) is 0 Å². The fourth-order valence-electron chi connectivity index (χ4n) is 1.34. The topological polar surface area (TPSA) is 33.4 Å². The predicted octanol–water partition coefficient (Wildman–Crippen LogP) is 2.75. The van der Waals surface area contributed by atoms with E-state index in [1.165, 1.54) is 5.56 Å². The Bertz CT molecular complexity index is 412. The van der Waals surface area contributed by atoms with Gasteiger partial charge in [-0.1, -0.05) is 29.8 Å². The molecule has 0 aliphatic carbocycles. The maximum atomic E-state index is 8.85. The molecule has 0 amide bonds. The molecule has 0 saturated carbocycles. The molecule has 0 radical (unpaired) electrons. The SMILES string of the molecule is Cc1ccc(-c2ccc(CO)o2)cc1. The maximum absolute atomic E-state index is 8.85. The molecule has 2 rings (SSSR count). The van der Waals surface area contributed by atoms with Crippen molar-refractivity contribution in [3.8, 4) is 11.3 Å². The van der Waals surface area contributed by atoms with Gasteiger partial charge in [0, 0.05) is 5.56 Å². The molecule has 1 N–H and O–H groups in total. The largest absolute Gasteiger partial charge is 0.459 e. The summed E-state index contributed by atoms with van der Waals surface area (Å²) in [7, 11) is 0. The van der Waals surface area contributed by atoms with Gasteiger partial charge in [-0.25, -0.2) is 0 Å². The van der Waals surface area contributed by atoms with Crippen LogP contribution in [0.3, 0.4) is 0 Å². The molecule has 0 spiro atoms. The van der Waals surface area contributed by atoms with Gasteiger partial charge in [0.25, 0.3) is 0 Å². The van der Waals surface area contributed by atoms with Gasteiger partial charge >= 0.3 is 0 Å². The predicted molar refractivity (Wildman–Crippen MR) is 54.8 cm³/mol. The number of benzene rings is 1. The third-order valence-electron chi connectivity index (χ3n) is 2.15. The summed E-state index contributed by atoms with van der Waals surface area (Å²) in [5.41, 5.74) is 2.26. The molecular weight excluding hydrogens is 176 g/mol. The van der Waals surface area contributed by atoms with E-state index in [-0.39, 0.29) is 6.61 Å². The lowest BCUT2D eigenvalue weighted by molar-refractivity contribution is 0.248. The molecule has 0 aliphatic rings. The zero-order valence-corrected chi connectivity index (χ0v) is 8.03. The summed E-state index contributed by atoms with van der Waals surface area (Å²) in [6.07, 6.45) is 0. The first kappa shape index (κ1) is 9.03. The molecule has 0 unspecified atom stereocenters. The van der Waals surface area contributed by atoms with E-state index in [2.05, 4.69) is 0 Å². The Labute approximate surface area is 82.8 Å². The van der Waals surface area contributed by atoms with Crippen LogP contribution in [0.25, 0.3) is 11.3 Å². The minimum Gasteiger partial charge on any atom is -0.459 e. The molecule has 2 aromatic rings. The van der Waals surface area contributed by atoms with Crippen molar-refractivity contribution >= 4 is 0 Å². The molecule has 0 fully saturated rings. The maximum Gasteiger partial charge on any atom is 0.134 e. The van der Waals surface area contributed by atoms with Crippen molar-refractivity contribution in [2.75, 3.05) is 0 Å². The highest BCUT2D eigenvalue weighted by Gasteiger charge is 2.02. The van der Waals surface area contributed by atoms with E-state index in [4.69, 9.17) is 9.52 Å². The van der Waals surface area contributed by atoms with Crippen molar-refractivity contribution in [1.29, 1.82) is 0 Å². The summed E-state index contributed by atoms with van der Waals surface area (Å²) in [6.45, 7) is 2.00. The second kappa shape index (κ2) is 3.68. The van der Waals surface area contributed by atoms with Crippen molar-refractivity contribution in [3.05, 3.63) is 47.7 Å². The van der Waals surface area contributed by atoms with Crippen molar-refractivity contribution in [2.45, 2.75) is 13.5 Å². The highest BCUT2D eigenvalue weighted by Crippen LogP contribution is 2.22. The minimum atomic E-state index is -0.0497. The second-order valence-electron chi connectivity index (χ2n) is 3.29. The lowest BCUT2D eigenvalue weighted by Gasteiger charge is -1.97. The average molecular weight is 188 g/mol. The van der Waals surface area contributed by atoms with Crippen LogP contribution in [-0.2, 0) is 6.61 Å². The van der Waals surface area contributed by atoms with Gasteiger partial charge in [-0.3, -0.25) is 0 Å². The number of hydrogen-bond donors (Lipinski definition) is 1. The van der Waals surface area contributed by atoms with E-state index in [9.17, 15) is 0 Å². The summed E-state index contributed by atoms with van der Waals surface area (Å²) in [4.78, 5) is 0. The average Bonchev–Trinajstić information content (AvgIpc) is 2.67. The third-order valence-corrected chi connectivity index (χ3v) is 2.15. The minimum absolute atomic E-state index is 0.0497. The Morgan fingerprint density at radius 2 is 1.79 bits per heavy atom. The van der Waals surface area contributed by atoms with Gasteiger partial charge in [-0.05, 0) is 19.1 Å². The van der Waals surface area contributed by atoms with Crippen LogP contribution in [0.5, 0.6) is 0 Å². The molecule has 0 saturated heterocycles. The first-order chi connectivity index (χ1) is 6.79. The lowest BCUT2D eigenvalue weighted by Crippen LogP contribution is -1.76. The van der Waals surface area contributed by atoms with Gasteiger partial charge in [-0.2, -0.15) is 0 Å². The number of rotatable bonds is 2. The van der Waals surface area contributed by atoms with E-state index in [1.54, 1.807) is 6.07 Å². The quantitative estimate of drug-likeness (QED) is 0.786. The smallest absolute Gasteiger partial charge is 0.134 e. The highest BCUT2D eigenvalue weighted by molar-refractivity contribution is 5.57. The van der Waals surface area contributed by atoms with Gasteiger partial charge in [0.2, 0.25) is 0 Å². The summed E-state index contributed by atoms with van der Waals surface area (Å²) < 4.78 is 5.41. The molecule has 1 aromatic carbocycles. The van der Waals surface area contributed by atoms with Crippen LogP contribution >= 0.6 is 0 Å². The fraction of sp³-hybridized carbons (Fsp3) is 0.167. The van der Waals surface area contributed by atoms with Crippen LogP contribution in [-0.4, -0.2) is 5.11 Å². The van der Waals surface area contributed by atoms with Crippen LogP contribution in [0.4, 0.5) is 0 Å². The summed E-state index contributed by atoms with van der Waals surface area (Å²) in [5, 5.41) is 8.85. The van der Waals surface area contributed by atoms with Crippen LogP contribution in [0, 0.1) is 6.92 Å². The first-order valence-electron chi connectivity index (χ1n) is 4.56. The Morgan fingerprint density at radius 1 is 1.07 bits per heavy atom. The van der Waals surface area contributed by atoms with Gasteiger partial charge < -0.3 is 9.52 Å². The highest BCUT2D eigenvalue weighted by atomic mass is 16.4. The molecule has 0 bridgehead atoms. The number of aliphatic hydroxyl groups is 1. The molecule has 14 heavy (non-hydrogen) atoms. The Kier molecular flexibility index (Phi) is 2.37. The van der Waals surface area contributed by atoms with Crippen molar-refractivity contribution in [1.82, 2.24) is 0 Å². The normalized spacial score (nSPS) is 10.4. The lowest BCUT2D eigenvalue weighted by atomic mass is 10.1. The number of aliphatic hydroxyl groups excluding tert-OH is 1. The second-order valence-corrected chi connectivity index (χ2v) is 3.29. The van der Waals surface area contributed by atoms with Gasteiger partial charge in [0.1, 0.15) is 18.1 Å². The summed E-state index contributed by atoms with van der Waals surface area (Å²) >= 11 is 0. The van der Waals surface area contributed by atoms with Crippen molar-refractivity contribution < 1.29 is 9.52 Å². The molecule has 0 atom stereocenters. The standard InChI is InChI=1S/C12H12O2/c1-9-2-4-10(5-3-9)12-7-6-11(8-13)14-12/h2-7,13H,8H2,1H3. The fourth-order valence-corrected chi connectivity index (χ4v) is 1.34. The number of aryl methyl sites for hydroxylation is 1. The third kappa shape index (κ3) is 1.70. The molecular formula is C12H12O2. The van der Waals surface area contributed by atoms with E-state index in [0.29, 0.717) is 5.76 Å². The number of furan rings is 1. The van der Waals surface area contributed by atoms with Crippen LogP contribution < -0.4 is 0 Å². The molecule has 0 aliphatic heterocycles. The van der Waals surface area contributed by atoms with E-state index in [0.717, 1.165) is 11.3 Å². The summed E-state index contributed by atoms with van der Waals surface area (Å²) in [5.74, 6) is 1.40. The zero-order valence-electron chi connectivity index (χ0n) is 8.03. The van der Waals surface area contributed by atoms with Crippen LogP contribution in [0.2, 0.25) is 0 Å².